The fourth-order valence-corrected chi connectivity index (χ4v) is 5.03. The van der Waals surface area contributed by atoms with Crippen molar-refractivity contribution in [2.75, 3.05) is 19.8 Å². The quantitative estimate of drug-likeness (QED) is 0.801. The van der Waals surface area contributed by atoms with E-state index in [9.17, 15) is 0 Å². The van der Waals surface area contributed by atoms with Gasteiger partial charge in [0.15, 0.2) is 5.79 Å². The average molecular weight is 316 g/mol. The minimum absolute atomic E-state index is 0.337. The van der Waals surface area contributed by atoms with Crippen molar-refractivity contribution >= 4 is 0 Å². The van der Waals surface area contributed by atoms with Crippen LogP contribution in [0.15, 0.2) is 30.3 Å². The van der Waals surface area contributed by atoms with Gasteiger partial charge in [-0.05, 0) is 30.2 Å². The van der Waals surface area contributed by atoms with Crippen molar-refractivity contribution in [2.24, 2.45) is 17.8 Å². The van der Waals surface area contributed by atoms with Gasteiger partial charge in [-0.25, -0.2) is 0 Å². The Morgan fingerprint density at radius 2 is 1.83 bits per heavy atom. The monoisotopic (exact) mass is 316 g/mol. The molecule has 124 valence electrons. The molecule has 0 bridgehead atoms. The molecule has 2 saturated carbocycles. The summed E-state index contributed by atoms with van der Waals surface area (Å²) >= 11 is 0. The Labute approximate surface area is 137 Å². The van der Waals surface area contributed by atoms with Gasteiger partial charge in [0, 0.05) is 12.3 Å². The van der Waals surface area contributed by atoms with E-state index in [0.29, 0.717) is 43.2 Å². The van der Waals surface area contributed by atoms with Gasteiger partial charge in [-0.1, -0.05) is 30.3 Å². The summed E-state index contributed by atoms with van der Waals surface area (Å²) in [7, 11) is 0. The lowest BCUT2D eigenvalue weighted by Gasteiger charge is -2.32. The van der Waals surface area contributed by atoms with Crippen molar-refractivity contribution in [1.29, 1.82) is 0 Å². The summed E-state index contributed by atoms with van der Waals surface area (Å²) in [6.07, 6.45) is 4.36. The largest absolute Gasteiger partial charge is 0.376 e. The number of fused-ring (bicyclic) bond motifs is 2. The van der Waals surface area contributed by atoms with E-state index in [2.05, 4.69) is 24.3 Å². The van der Waals surface area contributed by atoms with Gasteiger partial charge in [0.25, 0.3) is 0 Å². The Kier molecular flexibility index (Phi) is 3.48. The molecule has 0 aromatic heterocycles. The summed E-state index contributed by atoms with van der Waals surface area (Å²) in [6.45, 7) is 2.82. The van der Waals surface area contributed by atoms with Crippen molar-refractivity contribution in [1.82, 2.24) is 0 Å². The number of ether oxygens (including phenoxy) is 4. The molecule has 1 spiro atoms. The predicted octanol–water partition coefficient (Wildman–Crippen LogP) is 2.76. The van der Waals surface area contributed by atoms with Crippen molar-refractivity contribution in [2.45, 2.75) is 43.9 Å². The highest BCUT2D eigenvalue weighted by Crippen LogP contribution is 2.58. The molecule has 5 rings (SSSR count). The lowest BCUT2D eigenvalue weighted by molar-refractivity contribution is -0.199. The molecule has 1 aromatic rings. The lowest BCUT2D eigenvalue weighted by Crippen LogP contribution is -2.40. The molecule has 2 heterocycles. The maximum absolute atomic E-state index is 6.12. The van der Waals surface area contributed by atoms with E-state index in [-0.39, 0.29) is 5.79 Å². The normalized spacial score (nSPS) is 40.1. The van der Waals surface area contributed by atoms with Crippen LogP contribution >= 0.6 is 0 Å². The van der Waals surface area contributed by atoms with Gasteiger partial charge in [0.1, 0.15) is 0 Å². The Bertz CT molecular complexity index is 554. The van der Waals surface area contributed by atoms with Crippen LogP contribution in [0.25, 0.3) is 0 Å². The number of hydrogen-bond donors (Lipinski definition) is 0. The predicted molar refractivity (Wildman–Crippen MR) is 83.7 cm³/mol. The van der Waals surface area contributed by atoms with E-state index in [1.54, 1.807) is 0 Å². The molecule has 4 fully saturated rings. The van der Waals surface area contributed by atoms with Crippen LogP contribution in [0.3, 0.4) is 0 Å². The van der Waals surface area contributed by atoms with E-state index in [4.69, 9.17) is 18.9 Å². The summed E-state index contributed by atoms with van der Waals surface area (Å²) in [5.74, 6) is 1.24. The van der Waals surface area contributed by atoms with Crippen LogP contribution in [0.2, 0.25) is 0 Å². The number of rotatable bonds is 4. The van der Waals surface area contributed by atoms with Crippen molar-refractivity contribution in [3.63, 3.8) is 0 Å². The van der Waals surface area contributed by atoms with Crippen LogP contribution in [0.1, 0.15) is 24.8 Å². The molecule has 23 heavy (non-hydrogen) atoms. The second-order valence-corrected chi connectivity index (χ2v) is 7.43. The minimum Gasteiger partial charge on any atom is -0.376 e. The van der Waals surface area contributed by atoms with Crippen molar-refractivity contribution < 1.29 is 18.9 Å². The van der Waals surface area contributed by atoms with Crippen molar-refractivity contribution in [3.05, 3.63) is 35.9 Å². The molecule has 2 aliphatic heterocycles. The van der Waals surface area contributed by atoms with E-state index in [1.807, 2.05) is 6.07 Å². The first kappa shape index (κ1) is 14.4. The van der Waals surface area contributed by atoms with Gasteiger partial charge in [-0.2, -0.15) is 0 Å². The smallest absolute Gasteiger partial charge is 0.174 e. The van der Waals surface area contributed by atoms with Crippen LogP contribution in [0.4, 0.5) is 0 Å². The Morgan fingerprint density at radius 3 is 2.65 bits per heavy atom. The highest BCUT2D eigenvalue weighted by molar-refractivity contribution is 5.13. The fraction of sp³-hybridized carbons (Fsp3) is 0.684. The minimum atomic E-state index is -0.386. The van der Waals surface area contributed by atoms with E-state index >= 15 is 0 Å². The summed E-state index contributed by atoms with van der Waals surface area (Å²) in [5, 5.41) is 0. The fourth-order valence-electron chi connectivity index (χ4n) is 5.03. The molecule has 0 amide bonds. The molecule has 1 aromatic carbocycles. The van der Waals surface area contributed by atoms with Gasteiger partial charge in [0.05, 0.1) is 38.6 Å². The number of hydrogen-bond acceptors (Lipinski definition) is 4. The average Bonchev–Trinajstić information content (AvgIpc) is 3.06. The molecule has 0 radical (unpaired) electrons. The van der Waals surface area contributed by atoms with Gasteiger partial charge in [0.2, 0.25) is 0 Å². The van der Waals surface area contributed by atoms with Crippen LogP contribution in [0, 0.1) is 17.8 Å². The molecule has 2 aliphatic carbocycles. The molecule has 4 nitrogen and oxygen atoms in total. The Morgan fingerprint density at radius 1 is 1.04 bits per heavy atom. The zero-order valence-corrected chi connectivity index (χ0v) is 13.4. The highest BCUT2D eigenvalue weighted by Gasteiger charge is 2.62. The molecule has 4 heteroatoms. The zero-order chi connectivity index (χ0) is 15.3. The first-order chi connectivity index (χ1) is 11.3. The summed E-state index contributed by atoms with van der Waals surface area (Å²) in [4.78, 5) is 0. The highest BCUT2D eigenvalue weighted by atomic mass is 16.7. The van der Waals surface area contributed by atoms with Gasteiger partial charge >= 0.3 is 0 Å². The van der Waals surface area contributed by atoms with Crippen molar-refractivity contribution in [3.8, 4) is 0 Å². The van der Waals surface area contributed by atoms with Crippen LogP contribution in [-0.4, -0.2) is 37.8 Å². The Balaban J connectivity index is 1.29. The summed E-state index contributed by atoms with van der Waals surface area (Å²) in [6, 6.07) is 10.4. The van der Waals surface area contributed by atoms with Gasteiger partial charge in [-0.3, -0.25) is 0 Å². The second kappa shape index (κ2) is 5.55. The molecular weight excluding hydrogens is 292 g/mol. The van der Waals surface area contributed by atoms with Crippen LogP contribution in [0.5, 0.6) is 0 Å². The van der Waals surface area contributed by atoms with Gasteiger partial charge in [-0.15, -0.1) is 0 Å². The lowest BCUT2D eigenvalue weighted by atomic mass is 9.78. The van der Waals surface area contributed by atoms with Crippen LogP contribution in [-0.2, 0) is 25.6 Å². The SMILES string of the molecule is c1ccc(COC[C@H]2[C@@H]3CC4OC4C[C@H]3CC23OCCO3)cc1. The van der Waals surface area contributed by atoms with Crippen LogP contribution < -0.4 is 0 Å². The van der Waals surface area contributed by atoms with Gasteiger partial charge < -0.3 is 18.9 Å². The van der Waals surface area contributed by atoms with E-state index in [1.165, 1.54) is 12.0 Å². The summed E-state index contributed by atoms with van der Waals surface area (Å²) < 4.78 is 24.1. The second-order valence-electron chi connectivity index (χ2n) is 7.43. The maximum Gasteiger partial charge on any atom is 0.174 e. The first-order valence-corrected chi connectivity index (χ1v) is 8.89. The van der Waals surface area contributed by atoms with E-state index in [0.717, 1.165) is 26.1 Å². The zero-order valence-electron chi connectivity index (χ0n) is 13.4. The molecular formula is C19H24O4. The molecule has 2 unspecified atom stereocenters. The molecule has 0 N–H and O–H groups in total. The third-order valence-electron chi connectivity index (χ3n) is 6.15. The molecule has 2 saturated heterocycles. The third-order valence-corrected chi connectivity index (χ3v) is 6.15. The van der Waals surface area contributed by atoms with E-state index < -0.39 is 0 Å². The maximum atomic E-state index is 6.12. The Hall–Kier alpha value is -0.940. The molecule has 4 aliphatic rings. The topological polar surface area (TPSA) is 40.2 Å². The third kappa shape index (κ3) is 2.52. The summed E-state index contributed by atoms with van der Waals surface area (Å²) in [5.41, 5.74) is 1.22. The first-order valence-electron chi connectivity index (χ1n) is 8.89. The number of benzene rings is 1. The molecule has 5 atom stereocenters. The standard InChI is InChI=1S/C19H24O4/c1-2-4-13(5-3-1)11-20-12-16-15-9-18-17(23-18)8-14(15)10-19(16)21-6-7-22-19/h1-5,14-18H,6-12H2/t14-,15+,16-,17?,18?/m0/s1. The number of epoxide rings is 1.